The summed E-state index contributed by atoms with van der Waals surface area (Å²) < 4.78 is 1.54. The summed E-state index contributed by atoms with van der Waals surface area (Å²) in [6.07, 6.45) is 8.51. The van der Waals surface area contributed by atoms with Crippen LogP contribution < -0.4 is 15.8 Å². The Balaban J connectivity index is 1.42. The van der Waals surface area contributed by atoms with Crippen LogP contribution in [-0.4, -0.2) is 70.1 Å². The standard InChI is InChI=1S/C23H37N5O3/c1-17(29)26-14-11-18(12-15-26)24-16-19-6-4-5-13-27(19)22-9-10-23(31)28(25-22)20-7-2-3-8-21(20)30/h9-10,18-21,24,30H,2-8,11-16H2,1H3. The van der Waals surface area contributed by atoms with Gasteiger partial charge >= 0.3 is 0 Å². The second kappa shape index (κ2) is 10.1. The molecule has 3 aliphatic rings. The summed E-state index contributed by atoms with van der Waals surface area (Å²) in [6.45, 7) is 5.13. The normalized spacial score (nSPS) is 28.0. The van der Waals surface area contributed by atoms with E-state index < -0.39 is 6.10 Å². The number of rotatable bonds is 5. The van der Waals surface area contributed by atoms with Crippen LogP contribution in [0.25, 0.3) is 0 Å². The summed E-state index contributed by atoms with van der Waals surface area (Å²) in [5.41, 5.74) is -0.126. The van der Waals surface area contributed by atoms with E-state index in [9.17, 15) is 14.7 Å². The smallest absolute Gasteiger partial charge is 0.267 e. The van der Waals surface area contributed by atoms with Gasteiger partial charge < -0.3 is 20.2 Å². The molecule has 0 bridgehead atoms. The number of likely N-dealkylation sites (tertiary alicyclic amines) is 1. The fourth-order valence-corrected chi connectivity index (χ4v) is 5.40. The van der Waals surface area contributed by atoms with Gasteiger partial charge in [0.2, 0.25) is 5.91 Å². The van der Waals surface area contributed by atoms with Crippen molar-refractivity contribution >= 4 is 11.7 Å². The lowest BCUT2D eigenvalue weighted by atomic mass is 9.93. The summed E-state index contributed by atoms with van der Waals surface area (Å²) >= 11 is 0. The van der Waals surface area contributed by atoms with Crippen LogP contribution in [0.5, 0.6) is 0 Å². The summed E-state index contributed by atoms with van der Waals surface area (Å²) in [7, 11) is 0. The van der Waals surface area contributed by atoms with Crippen molar-refractivity contribution in [1.29, 1.82) is 0 Å². The zero-order valence-corrected chi connectivity index (χ0v) is 18.7. The number of piperidine rings is 2. The van der Waals surface area contributed by atoms with Crippen LogP contribution in [0.15, 0.2) is 16.9 Å². The van der Waals surface area contributed by atoms with E-state index >= 15 is 0 Å². The van der Waals surface area contributed by atoms with Gasteiger partial charge in [-0.15, -0.1) is 0 Å². The number of hydrogen-bond acceptors (Lipinski definition) is 6. The van der Waals surface area contributed by atoms with Gasteiger partial charge in [-0.1, -0.05) is 12.8 Å². The van der Waals surface area contributed by atoms with Gasteiger partial charge in [0.25, 0.3) is 5.56 Å². The second-order valence-corrected chi connectivity index (χ2v) is 9.43. The molecular formula is C23H37N5O3. The number of aromatic nitrogens is 2. The first-order valence-corrected chi connectivity index (χ1v) is 12.1. The van der Waals surface area contributed by atoms with Crippen molar-refractivity contribution < 1.29 is 9.90 Å². The number of carbonyl (C=O) groups excluding carboxylic acids is 1. The van der Waals surface area contributed by atoms with Crippen LogP contribution in [0.3, 0.4) is 0 Å². The van der Waals surface area contributed by atoms with Crippen molar-refractivity contribution in [2.75, 3.05) is 31.1 Å². The molecule has 0 radical (unpaired) electrons. The maximum absolute atomic E-state index is 12.5. The molecule has 3 fully saturated rings. The molecule has 31 heavy (non-hydrogen) atoms. The Labute approximate surface area is 184 Å². The van der Waals surface area contributed by atoms with Crippen molar-refractivity contribution in [3.05, 3.63) is 22.5 Å². The number of carbonyl (C=O) groups is 1. The van der Waals surface area contributed by atoms with Crippen molar-refractivity contribution in [3.8, 4) is 0 Å². The number of aliphatic hydroxyl groups excluding tert-OH is 1. The Kier molecular flexibility index (Phi) is 7.27. The molecule has 2 saturated heterocycles. The number of anilines is 1. The largest absolute Gasteiger partial charge is 0.391 e. The lowest BCUT2D eigenvalue weighted by Crippen LogP contribution is -2.51. The number of aliphatic hydroxyl groups is 1. The highest BCUT2D eigenvalue weighted by Crippen LogP contribution is 2.28. The highest BCUT2D eigenvalue weighted by molar-refractivity contribution is 5.73. The third kappa shape index (κ3) is 5.29. The summed E-state index contributed by atoms with van der Waals surface area (Å²) in [5, 5.41) is 18.9. The van der Waals surface area contributed by atoms with E-state index in [0.29, 0.717) is 12.1 Å². The molecule has 2 N–H and O–H groups in total. The lowest BCUT2D eigenvalue weighted by molar-refractivity contribution is -0.129. The minimum Gasteiger partial charge on any atom is -0.391 e. The Morgan fingerprint density at radius 3 is 2.55 bits per heavy atom. The highest BCUT2D eigenvalue weighted by Gasteiger charge is 2.29. The average molecular weight is 432 g/mol. The fraction of sp³-hybridized carbons (Fsp3) is 0.783. The van der Waals surface area contributed by atoms with Crippen LogP contribution in [0.2, 0.25) is 0 Å². The molecule has 0 aromatic carbocycles. The Hall–Kier alpha value is -1.93. The van der Waals surface area contributed by atoms with Crippen LogP contribution in [0, 0.1) is 0 Å². The Bertz CT molecular complexity index is 805. The number of nitrogens with zero attached hydrogens (tertiary/aromatic N) is 4. The van der Waals surface area contributed by atoms with Gasteiger partial charge in [-0.3, -0.25) is 9.59 Å². The highest BCUT2D eigenvalue weighted by atomic mass is 16.3. The molecule has 3 unspecified atom stereocenters. The summed E-state index contributed by atoms with van der Waals surface area (Å²) in [4.78, 5) is 28.3. The van der Waals surface area contributed by atoms with E-state index in [4.69, 9.17) is 5.10 Å². The molecule has 1 aliphatic carbocycles. The molecule has 2 aliphatic heterocycles. The number of hydrogen-bond donors (Lipinski definition) is 2. The predicted molar refractivity (Wildman–Crippen MR) is 120 cm³/mol. The van der Waals surface area contributed by atoms with E-state index in [1.54, 1.807) is 13.0 Å². The SMILES string of the molecule is CC(=O)N1CCC(NCC2CCCCN2c2ccc(=O)n(C3CCCCC3O)n2)CC1. The number of nitrogens with one attached hydrogen (secondary N) is 1. The van der Waals surface area contributed by atoms with Gasteiger partial charge in [-0.05, 0) is 51.0 Å². The molecule has 8 heteroatoms. The summed E-state index contributed by atoms with van der Waals surface area (Å²) in [6, 6.07) is 4.03. The molecule has 1 amide bonds. The maximum Gasteiger partial charge on any atom is 0.267 e. The average Bonchev–Trinajstić information content (AvgIpc) is 2.79. The minimum absolute atomic E-state index is 0.126. The first-order valence-electron chi connectivity index (χ1n) is 12.1. The minimum atomic E-state index is -0.492. The molecule has 0 spiro atoms. The monoisotopic (exact) mass is 431 g/mol. The fourth-order valence-electron chi connectivity index (χ4n) is 5.40. The van der Waals surface area contributed by atoms with Gasteiger partial charge in [0.1, 0.15) is 5.82 Å². The van der Waals surface area contributed by atoms with Gasteiger partial charge in [0, 0.05) is 51.3 Å². The topological polar surface area (TPSA) is 90.7 Å². The van der Waals surface area contributed by atoms with Crippen LogP contribution in [0.4, 0.5) is 5.82 Å². The van der Waals surface area contributed by atoms with E-state index in [-0.39, 0.29) is 17.5 Å². The van der Waals surface area contributed by atoms with Crippen LogP contribution in [0.1, 0.15) is 70.8 Å². The lowest BCUT2D eigenvalue weighted by Gasteiger charge is -2.39. The first-order chi connectivity index (χ1) is 15.0. The molecule has 172 valence electrons. The molecule has 1 saturated carbocycles. The van der Waals surface area contributed by atoms with Crippen molar-refractivity contribution in [1.82, 2.24) is 20.0 Å². The predicted octanol–water partition coefficient (Wildman–Crippen LogP) is 1.68. The van der Waals surface area contributed by atoms with Crippen molar-refractivity contribution in [2.24, 2.45) is 0 Å². The van der Waals surface area contributed by atoms with Gasteiger partial charge in [-0.2, -0.15) is 5.10 Å². The van der Waals surface area contributed by atoms with Crippen LogP contribution >= 0.6 is 0 Å². The first kappa shape index (κ1) is 22.3. The van der Waals surface area contributed by atoms with E-state index in [0.717, 1.165) is 83.4 Å². The molecule has 3 atom stereocenters. The Morgan fingerprint density at radius 2 is 1.81 bits per heavy atom. The number of amides is 1. The van der Waals surface area contributed by atoms with E-state index in [1.807, 2.05) is 11.0 Å². The van der Waals surface area contributed by atoms with Crippen LogP contribution in [-0.2, 0) is 4.79 Å². The molecule has 1 aromatic rings. The van der Waals surface area contributed by atoms with E-state index in [2.05, 4.69) is 10.2 Å². The molecule has 1 aromatic heterocycles. The summed E-state index contributed by atoms with van der Waals surface area (Å²) in [5.74, 6) is 1.01. The van der Waals surface area contributed by atoms with E-state index in [1.165, 1.54) is 11.1 Å². The van der Waals surface area contributed by atoms with Gasteiger partial charge in [0.15, 0.2) is 0 Å². The Morgan fingerprint density at radius 1 is 1.06 bits per heavy atom. The molecule has 4 rings (SSSR count). The van der Waals surface area contributed by atoms with Gasteiger partial charge in [-0.25, -0.2) is 4.68 Å². The van der Waals surface area contributed by atoms with Crippen molar-refractivity contribution in [2.45, 2.75) is 88.9 Å². The zero-order valence-electron chi connectivity index (χ0n) is 18.7. The zero-order chi connectivity index (χ0) is 21.8. The molecule has 3 heterocycles. The van der Waals surface area contributed by atoms with Crippen molar-refractivity contribution in [3.63, 3.8) is 0 Å². The quantitative estimate of drug-likeness (QED) is 0.737. The third-order valence-electron chi connectivity index (χ3n) is 7.32. The third-order valence-corrected chi connectivity index (χ3v) is 7.32. The molecule has 8 nitrogen and oxygen atoms in total. The van der Waals surface area contributed by atoms with Gasteiger partial charge in [0.05, 0.1) is 12.1 Å². The molecular weight excluding hydrogens is 394 g/mol. The maximum atomic E-state index is 12.5. The second-order valence-electron chi connectivity index (χ2n) is 9.43.